The van der Waals surface area contributed by atoms with Crippen LogP contribution in [0.2, 0.25) is 0 Å². The van der Waals surface area contributed by atoms with Crippen molar-refractivity contribution < 1.29 is 43.5 Å². The molecular weight excluding hydrogens is 1110 g/mol. The van der Waals surface area contributed by atoms with E-state index in [4.69, 9.17) is 29.2 Å². The van der Waals surface area contributed by atoms with Crippen LogP contribution in [-0.4, -0.2) is 87.4 Å². The topological polar surface area (TPSA) is 138 Å². The van der Waals surface area contributed by atoms with Crippen LogP contribution in [0.5, 0.6) is 0 Å². The normalized spacial score (nSPS) is 15.8. The maximum absolute atomic E-state index is 12.2. The molecule has 6 aromatic rings. The number of hydrogen-bond acceptors (Lipinski definition) is 15. The number of fused-ring (bicyclic) bond motifs is 3. The maximum Gasteiger partial charge on any atom is 0.508 e. The lowest BCUT2D eigenvalue weighted by Crippen LogP contribution is -2.27. The van der Waals surface area contributed by atoms with Crippen molar-refractivity contribution in [3.63, 3.8) is 0 Å². The van der Waals surface area contributed by atoms with Crippen LogP contribution in [0.4, 0.5) is 21.9 Å². The molecular formula is C69H93N3O9S3. The first-order valence-electron chi connectivity index (χ1n) is 31.3. The summed E-state index contributed by atoms with van der Waals surface area (Å²) in [6.07, 6.45) is 16.8. The van der Waals surface area contributed by atoms with Crippen molar-refractivity contribution >= 4 is 69.2 Å². The van der Waals surface area contributed by atoms with Gasteiger partial charge in [-0.05, 0) is 227 Å². The third-order valence-electron chi connectivity index (χ3n) is 15.7. The zero-order valence-electron chi connectivity index (χ0n) is 50.4. The van der Waals surface area contributed by atoms with E-state index in [0.29, 0.717) is 32.3 Å². The van der Waals surface area contributed by atoms with Gasteiger partial charge in [0.1, 0.15) is 18.3 Å². The van der Waals surface area contributed by atoms with Gasteiger partial charge in [0, 0.05) is 97.0 Å². The second-order valence-corrected chi connectivity index (χ2v) is 25.1. The molecule has 0 spiro atoms. The molecule has 3 atom stereocenters. The fourth-order valence-electron chi connectivity index (χ4n) is 11.5. The van der Waals surface area contributed by atoms with E-state index in [9.17, 15) is 14.4 Å². The SMILES string of the molecule is CCCN(CCc1cccs1)c1ccc2c(c1)C(OC(=O)CCCCO)CCC2.CCCN(CCc1cccs1)c1ccc2c(c1)C(OC(=O)CCCO)CCC2.CCCN(CCc1cccs1)c1ccc2c(c1)C(OC(=O)OCC)CCC2. The lowest BCUT2D eigenvalue weighted by Gasteiger charge is -2.29. The number of aliphatic hydroxyl groups excluding tert-OH is 2. The fraction of sp³-hybridized carbons (Fsp3) is 0.522. The number of ether oxygens (including phenoxy) is 4. The minimum absolute atomic E-state index is 0.0245. The standard InChI is InChI=1S/C24H33NO3S.C23H31NO3S.C22H29NO3S/c1-2-14-25(15-13-21-8-6-17-29-21)20-12-11-19-7-5-9-23(22(19)18-20)28-24(27)10-3-4-16-26;1-2-13-24(14-12-20-7-5-16-28-20)19-11-10-18-6-3-8-22(21(18)17-19)27-23(26)9-4-15-25;1-3-13-23(14-12-19-8-6-15-27-19)18-11-10-17-7-5-9-21(20(17)16-18)26-22(24)25-4-2/h6,8,11-12,17-18,23,26H,2-5,7,9-10,13-16H2,1H3;5,7,10-11,16-17,22,25H,2-4,6,8-9,12-15H2,1H3;6,8,10-11,15-16,21H,3-5,7,9,12-14H2,1-2H3. The number of unbranched alkanes of at least 4 members (excludes halogenated alkanes) is 1. The smallest absolute Gasteiger partial charge is 0.457 e. The molecule has 0 saturated carbocycles. The van der Waals surface area contributed by atoms with Gasteiger partial charge in [-0.2, -0.15) is 0 Å². The van der Waals surface area contributed by atoms with Gasteiger partial charge in [0.15, 0.2) is 0 Å². The maximum atomic E-state index is 12.2. The molecule has 456 valence electrons. The van der Waals surface area contributed by atoms with Gasteiger partial charge in [-0.15, -0.1) is 34.0 Å². The zero-order valence-corrected chi connectivity index (χ0v) is 52.9. The number of rotatable bonds is 29. The van der Waals surface area contributed by atoms with E-state index < -0.39 is 6.16 Å². The first kappa shape index (κ1) is 65.8. The molecule has 12 nitrogen and oxygen atoms in total. The monoisotopic (exact) mass is 1200 g/mol. The van der Waals surface area contributed by atoms with E-state index in [1.165, 1.54) is 59.5 Å². The molecule has 3 unspecified atom stereocenters. The molecule has 3 heterocycles. The number of anilines is 3. The van der Waals surface area contributed by atoms with E-state index in [-0.39, 0.29) is 49.9 Å². The van der Waals surface area contributed by atoms with Crippen molar-refractivity contribution in [3.8, 4) is 0 Å². The molecule has 0 radical (unpaired) electrons. The number of hydrogen-bond donors (Lipinski definition) is 2. The van der Waals surface area contributed by atoms with Crippen LogP contribution < -0.4 is 14.7 Å². The fourth-order valence-corrected chi connectivity index (χ4v) is 13.6. The number of aliphatic hydroxyl groups is 2. The van der Waals surface area contributed by atoms with Crippen LogP contribution >= 0.6 is 34.0 Å². The van der Waals surface area contributed by atoms with Crippen molar-refractivity contribution in [2.45, 2.75) is 174 Å². The van der Waals surface area contributed by atoms with Gasteiger partial charge in [0.2, 0.25) is 0 Å². The van der Waals surface area contributed by atoms with E-state index in [0.717, 1.165) is 141 Å². The molecule has 0 amide bonds. The number of esters is 2. The number of carbonyl (C=O) groups is 3. The Labute approximate surface area is 513 Å². The highest BCUT2D eigenvalue weighted by molar-refractivity contribution is 7.10. The van der Waals surface area contributed by atoms with Gasteiger partial charge in [0.25, 0.3) is 0 Å². The summed E-state index contributed by atoms with van der Waals surface area (Å²) in [5.74, 6) is -0.356. The second-order valence-electron chi connectivity index (χ2n) is 22.0. The highest BCUT2D eigenvalue weighted by Crippen LogP contribution is 2.39. The summed E-state index contributed by atoms with van der Waals surface area (Å²) in [5, 5.41) is 24.2. The van der Waals surface area contributed by atoms with Crippen LogP contribution in [0.1, 0.15) is 184 Å². The van der Waals surface area contributed by atoms with E-state index in [1.54, 1.807) is 6.92 Å². The Morgan fingerprint density at radius 3 is 1.18 bits per heavy atom. The molecule has 3 aliphatic carbocycles. The summed E-state index contributed by atoms with van der Waals surface area (Å²) in [5.41, 5.74) is 11.0. The molecule has 9 rings (SSSR count). The molecule has 3 aromatic heterocycles. The van der Waals surface area contributed by atoms with E-state index >= 15 is 0 Å². The van der Waals surface area contributed by atoms with Crippen LogP contribution in [0.3, 0.4) is 0 Å². The number of aryl methyl sites for hydroxylation is 3. The van der Waals surface area contributed by atoms with Crippen LogP contribution in [0.15, 0.2) is 107 Å². The molecule has 0 bridgehead atoms. The first-order valence-corrected chi connectivity index (χ1v) is 33.9. The van der Waals surface area contributed by atoms with Crippen molar-refractivity contribution in [1.82, 2.24) is 0 Å². The third-order valence-corrected chi connectivity index (χ3v) is 18.6. The predicted molar refractivity (Wildman–Crippen MR) is 345 cm³/mol. The quantitative estimate of drug-likeness (QED) is 0.0263. The highest BCUT2D eigenvalue weighted by atomic mass is 32.1. The minimum atomic E-state index is -0.566. The molecule has 2 N–H and O–H groups in total. The molecule has 84 heavy (non-hydrogen) atoms. The third kappa shape index (κ3) is 20.8. The molecule has 3 aromatic carbocycles. The Hall–Kier alpha value is -5.71. The van der Waals surface area contributed by atoms with Gasteiger partial charge in [-0.3, -0.25) is 9.59 Å². The number of benzene rings is 3. The average Bonchev–Trinajstić information content (AvgIpc) is 4.46. The van der Waals surface area contributed by atoms with Crippen molar-refractivity contribution in [2.24, 2.45) is 0 Å². The Balaban J connectivity index is 0.000000181. The summed E-state index contributed by atoms with van der Waals surface area (Å²) in [6, 6.07) is 33.0. The summed E-state index contributed by atoms with van der Waals surface area (Å²) < 4.78 is 22.2. The summed E-state index contributed by atoms with van der Waals surface area (Å²) >= 11 is 5.44. The molecule has 0 fully saturated rings. The Morgan fingerprint density at radius 1 is 0.476 bits per heavy atom. The molecule has 0 saturated heterocycles. The van der Waals surface area contributed by atoms with Gasteiger partial charge in [-0.1, -0.05) is 57.2 Å². The molecule has 0 aliphatic heterocycles. The summed E-state index contributed by atoms with van der Waals surface area (Å²) in [4.78, 5) is 47.7. The van der Waals surface area contributed by atoms with Gasteiger partial charge >= 0.3 is 18.1 Å². The molecule has 15 heteroatoms. The molecule has 3 aliphatic rings. The minimum Gasteiger partial charge on any atom is -0.457 e. The van der Waals surface area contributed by atoms with Crippen LogP contribution in [-0.2, 0) is 67.1 Å². The average molecular weight is 1200 g/mol. The van der Waals surface area contributed by atoms with Gasteiger partial charge in [-0.25, -0.2) is 4.79 Å². The Bertz CT molecular complexity index is 2840. The number of carbonyl (C=O) groups excluding carboxylic acids is 3. The highest BCUT2D eigenvalue weighted by Gasteiger charge is 2.28. The van der Waals surface area contributed by atoms with Crippen molar-refractivity contribution in [2.75, 3.05) is 73.8 Å². The van der Waals surface area contributed by atoms with E-state index in [1.807, 2.05) is 34.0 Å². The van der Waals surface area contributed by atoms with Crippen molar-refractivity contribution in [1.29, 1.82) is 0 Å². The van der Waals surface area contributed by atoms with Gasteiger partial charge < -0.3 is 43.9 Å². The Kier molecular flexibility index (Phi) is 28.5. The largest absolute Gasteiger partial charge is 0.508 e. The lowest BCUT2D eigenvalue weighted by molar-refractivity contribution is -0.151. The summed E-state index contributed by atoms with van der Waals surface area (Å²) in [7, 11) is 0. The predicted octanol–water partition coefficient (Wildman–Crippen LogP) is 15.9. The van der Waals surface area contributed by atoms with Gasteiger partial charge in [0.05, 0.1) is 6.61 Å². The van der Waals surface area contributed by atoms with Crippen LogP contribution in [0, 0.1) is 0 Å². The second kappa shape index (κ2) is 36.3. The first-order chi connectivity index (χ1) is 41.1. The lowest BCUT2D eigenvalue weighted by atomic mass is 9.88. The van der Waals surface area contributed by atoms with Crippen LogP contribution in [0.25, 0.3) is 0 Å². The summed E-state index contributed by atoms with van der Waals surface area (Å²) in [6.45, 7) is 15.0. The number of thiophene rings is 3. The number of nitrogens with zero attached hydrogens (tertiary/aromatic N) is 3. The Morgan fingerprint density at radius 2 is 0.845 bits per heavy atom. The van der Waals surface area contributed by atoms with Crippen molar-refractivity contribution in [3.05, 3.63) is 155 Å². The zero-order chi connectivity index (χ0) is 59.3. The van der Waals surface area contributed by atoms with E-state index in [2.05, 4.69) is 143 Å².